The molecule has 1 aliphatic carbocycles. The Balaban J connectivity index is 1.42. The number of hydrogen-bond acceptors (Lipinski definition) is 4. The molecule has 0 unspecified atom stereocenters. The van der Waals surface area contributed by atoms with E-state index in [2.05, 4.69) is 0 Å². The maximum Gasteiger partial charge on any atom is 0.242 e. The Bertz CT molecular complexity index is 1210. The van der Waals surface area contributed by atoms with Gasteiger partial charge in [-0.15, -0.1) is 0 Å². The van der Waals surface area contributed by atoms with Crippen molar-refractivity contribution in [3.05, 3.63) is 82.1 Å². The number of pyridine rings is 1. The van der Waals surface area contributed by atoms with Crippen molar-refractivity contribution in [3.8, 4) is 0 Å². The number of aromatic nitrogens is 1. The first-order valence-corrected chi connectivity index (χ1v) is 10.7. The number of aryl methyl sites for hydroxylation is 1. The Labute approximate surface area is 180 Å². The number of carbonyl (C=O) groups is 1. The molecule has 1 saturated carbocycles. The van der Waals surface area contributed by atoms with Crippen LogP contribution in [0, 0.1) is 18.3 Å². The molecule has 2 N–H and O–H groups in total. The second-order valence-electron chi connectivity index (χ2n) is 8.83. The number of hydrogen-bond donors (Lipinski definition) is 2. The second-order valence-corrected chi connectivity index (χ2v) is 8.83. The van der Waals surface area contributed by atoms with Gasteiger partial charge in [-0.25, -0.2) is 0 Å². The van der Waals surface area contributed by atoms with Crippen LogP contribution in [0.2, 0.25) is 0 Å². The third-order valence-corrected chi connectivity index (χ3v) is 7.27. The van der Waals surface area contributed by atoms with Crippen LogP contribution in [0.25, 0.3) is 10.9 Å². The lowest BCUT2D eigenvalue weighted by molar-refractivity contribution is -0.131. The molecule has 2 aromatic carbocycles. The third kappa shape index (κ3) is 3.01. The van der Waals surface area contributed by atoms with Gasteiger partial charge in [0.2, 0.25) is 5.91 Å². The van der Waals surface area contributed by atoms with Crippen LogP contribution >= 0.6 is 0 Å². The molecule has 2 fully saturated rings. The number of para-hydroxylation sites is 1. The largest absolute Gasteiger partial charge is 0.396 e. The van der Waals surface area contributed by atoms with Crippen molar-refractivity contribution in [2.45, 2.75) is 25.5 Å². The molecule has 1 aliphatic heterocycles. The summed E-state index contributed by atoms with van der Waals surface area (Å²) in [6.07, 6.45) is -0.675. The molecule has 4 atom stereocenters. The van der Waals surface area contributed by atoms with Crippen molar-refractivity contribution in [1.29, 1.82) is 0 Å². The van der Waals surface area contributed by atoms with Gasteiger partial charge in [0.1, 0.15) is 6.54 Å². The number of likely N-dealkylation sites (tertiary alicyclic amines) is 1. The highest BCUT2D eigenvalue weighted by Gasteiger charge is 2.71. The summed E-state index contributed by atoms with van der Waals surface area (Å²) < 4.78 is 1.86. The van der Waals surface area contributed by atoms with Crippen LogP contribution in [0.15, 0.2) is 65.5 Å². The summed E-state index contributed by atoms with van der Waals surface area (Å²) in [6.45, 7) is 2.61. The zero-order valence-electron chi connectivity index (χ0n) is 17.4. The number of aliphatic hydroxyl groups excluding tert-OH is 2. The zero-order valence-corrected chi connectivity index (χ0v) is 17.4. The van der Waals surface area contributed by atoms with Crippen molar-refractivity contribution in [1.82, 2.24) is 9.47 Å². The summed E-state index contributed by atoms with van der Waals surface area (Å²) in [5.41, 5.74) is 2.01. The quantitative estimate of drug-likeness (QED) is 0.678. The Hall–Kier alpha value is -2.96. The van der Waals surface area contributed by atoms with Crippen LogP contribution in [0.4, 0.5) is 0 Å². The third-order valence-electron chi connectivity index (χ3n) is 7.27. The molecular weight excluding hydrogens is 392 g/mol. The van der Waals surface area contributed by atoms with Gasteiger partial charge in [0, 0.05) is 42.3 Å². The van der Waals surface area contributed by atoms with Gasteiger partial charge in [-0.05, 0) is 36.5 Å². The zero-order chi connectivity index (χ0) is 21.8. The van der Waals surface area contributed by atoms with E-state index in [1.54, 1.807) is 17.0 Å². The molecule has 0 radical (unpaired) electrons. The van der Waals surface area contributed by atoms with E-state index in [-0.39, 0.29) is 42.9 Å². The van der Waals surface area contributed by atoms with Gasteiger partial charge >= 0.3 is 0 Å². The summed E-state index contributed by atoms with van der Waals surface area (Å²) in [7, 11) is 0. The molecule has 160 valence electrons. The van der Waals surface area contributed by atoms with Gasteiger partial charge in [-0.2, -0.15) is 0 Å². The molecule has 31 heavy (non-hydrogen) atoms. The number of carbonyl (C=O) groups excluding carboxylic acids is 1. The van der Waals surface area contributed by atoms with E-state index in [0.717, 1.165) is 16.8 Å². The summed E-state index contributed by atoms with van der Waals surface area (Å²) in [4.78, 5) is 27.3. The number of amides is 1. The van der Waals surface area contributed by atoms with E-state index in [1.807, 2.05) is 60.0 Å². The van der Waals surface area contributed by atoms with Gasteiger partial charge in [0.05, 0.1) is 11.6 Å². The fourth-order valence-corrected chi connectivity index (χ4v) is 5.66. The smallest absolute Gasteiger partial charge is 0.242 e. The SMILES string of the molecule is Cc1cc(=O)c2ccccc2n1CC(=O)N1C[C@@H](O)[C@@]2(C1)[C@H](CO)[C@H]2c1ccccc1. The maximum atomic E-state index is 13.2. The van der Waals surface area contributed by atoms with Crippen molar-refractivity contribution in [3.63, 3.8) is 0 Å². The molecular formula is C25H26N2O4. The number of benzene rings is 2. The highest BCUT2D eigenvalue weighted by atomic mass is 16.3. The Morgan fingerprint density at radius 3 is 2.58 bits per heavy atom. The van der Waals surface area contributed by atoms with E-state index < -0.39 is 11.5 Å². The first kappa shape index (κ1) is 20.0. The van der Waals surface area contributed by atoms with Crippen molar-refractivity contribution >= 4 is 16.8 Å². The minimum atomic E-state index is -0.675. The standard InChI is InChI=1S/C25H26N2O4/c1-16-11-21(29)18-9-5-6-10-20(18)27(16)13-23(31)26-12-22(30)25(15-26)19(14-28)24(25)17-7-3-2-4-8-17/h2-11,19,22,24,28,30H,12-15H2,1H3/t19-,22-,24-,25-/m1/s1. The second kappa shape index (κ2) is 7.32. The maximum absolute atomic E-state index is 13.2. The lowest BCUT2D eigenvalue weighted by atomic mass is 9.95. The van der Waals surface area contributed by atoms with Crippen LogP contribution < -0.4 is 5.43 Å². The van der Waals surface area contributed by atoms with Gasteiger partial charge in [-0.1, -0.05) is 42.5 Å². The monoisotopic (exact) mass is 418 g/mol. The van der Waals surface area contributed by atoms with Gasteiger partial charge in [0.15, 0.2) is 5.43 Å². The molecule has 1 amide bonds. The highest BCUT2D eigenvalue weighted by molar-refractivity contribution is 5.83. The average molecular weight is 418 g/mol. The van der Waals surface area contributed by atoms with E-state index >= 15 is 0 Å². The fourth-order valence-electron chi connectivity index (χ4n) is 5.66. The van der Waals surface area contributed by atoms with Crippen molar-refractivity contribution in [2.75, 3.05) is 19.7 Å². The summed E-state index contributed by atoms with van der Waals surface area (Å²) in [5.74, 6) is -0.109. The van der Waals surface area contributed by atoms with Crippen LogP contribution in [-0.4, -0.2) is 51.4 Å². The highest BCUT2D eigenvalue weighted by Crippen LogP contribution is 2.68. The van der Waals surface area contributed by atoms with Crippen LogP contribution in [0.3, 0.4) is 0 Å². The van der Waals surface area contributed by atoms with Crippen LogP contribution in [0.1, 0.15) is 17.2 Å². The number of β-amino-alcohol motifs (C(OH)–C–C–N with tert-alkyl or cyclic N) is 1. The Morgan fingerprint density at radius 2 is 1.84 bits per heavy atom. The van der Waals surface area contributed by atoms with Gasteiger partial charge < -0.3 is 19.7 Å². The lowest BCUT2D eigenvalue weighted by Crippen LogP contribution is -2.33. The van der Waals surface area contributed by atoms with Crippen molar-refractivity contribution in [2.24, 2.45) is 11.3 Å². The number of nitrogens with zero attached hydrogens (tertiary/aromatic N) is 2. The Kier molecular flexibility index (Phi) is 4.72. The molecule has 2 heterocycles. The normalized spacial score (nSPS) is 27.2. The minimum absolute atomic E-state index is 0.0118. The van der Waals surface area contributed by atoms with Crippen LogP contribution in [0.5, 0.6) is 0 Å². The number of rotatable bonds is 4. The van der Waals surface area contributed by atoms with E-state index in [1.165, 1.54) is 0 Å². The predicted octanol–water partition coefficient (Wildman–Crippen LogP) is 1.91. The van der Waals surface area contributed by atoms with E-state index in [9.17, 15) is 19.8 Å². The topological polar surface area (TPSA) is 82.8 Å². The first-order valence-electron chi connectivity index (χ1n) is 10.7. The summed E-state index contributed by atoms with van der Waals surface area (Å²) in [5, 5.41) is 21.5. The first-order chi connectivity index (χ1) is 15.0. The number of aliphatic hydroxyl groups is 2. The number of fused-ring (bicyclic) bond motifs is 1. The average Bonchev–Trinajstić information content (AvgIpc) is 3.31. The van der Waals surface area contributed by atoms with Gasteiger partial charge in [-0.3, -0.25) is 9.59 Å². The minimum Gasteiger partial charge on any atom is -0.396 e. The molecule has 6 heteroatoms. The molecule has 6 nitrogen and oxygen atoms in total. The molecule has 1 spiro atoms. The molecule has 1 aromatic heterocycles. The summed E-state index contributed by atoms with van der Waals surface area (Å²) >= 11 is 0. The van der Waals surface area contributed by atoms with E-state index in [4.69, 9.17) is 0 Å². The molecule has 3 aromatic rings. The lowest BCUT2D eigenvalue weighted by Gasteiger charge is -2.20. The Morgan fingerprint density at radius 1 is 1.13 bits per heavy atom. The molecule has 2 aliphatic rings. The van der Waals surface area contributed by atoms with Crippen molar-refractivity contribution < 1.29 is 15.0 Å². The fraction of sp³-hybridized carbons (Fsp3) is 0.360. The molecule has 0 bridgehead atoms. The summed E-state index contributed by atoms with van der Waals surface area (Å²) in [6, 6.07) is 18.8. The van der Waals surface area contributed by atoms with Crippen LogP contribution in [-0.2, 0) is 11.3 Å². The van der Waals surface area contributed by atoms with E-state index in [0.29, 0.717) is 11.9 Å². The molecule has 1 saturated heterocycles. The predicted molar refractivity (Wildman–Crippen MR) is 118 cm³/mol. The van der Waals surface area contributed by atoms with Gasteiger partial charge in [0.25, 0.3) is 0 Å². The molecule has 5 rings (SSSR count).